The summed E-state index contributed by atoms with van der Waals surface area (Å²) >= 11 is 0. The quantitative estimate of drug-likeness (QED) is 0.790. The number of nitrogens with zero attached hydrogens (tertiary/aromatic N) is 2. The van der Waals surface area contributed by atoms with Crippen LogP contribution >= 0.6 is 0 Å². The third-order valence-corrected chi connectivity index (χ3v) is 3.44. The molecule has 1 aliphatic heterocycles. The fourth-order valence-corrected chi connectivity index (χ4v) is 2.23. The molecule has 1 aromatic rings. The summed E-state index contributed by atoms with van der Waals surface area (Å²) in [7, 11) is 1.22. The van der Waals surface area contributed by atoms with Gasteiger partial charge in [-0.3, -0.25) is 0 Å². The average Bonchev–Trinajstić information content (AvgIpc) is 2.89. The van der Waals surface area contributed by atoms with E-state index >= 15 is 0 Å². The highest BCUT2D eigenvalue weighted by molar-refractivity contribution is 5.98. The first-order valence-corrected chi connectivity index (χ1v) is 6.95. The summed E-state index contributed by atoms with van der Waals surface area (Å²) in [5, 5.41) is 0. The molecular formula is C15H18N2O5. The van der Waals surface area contributed by atoms with Crippen molar-refractivity contribution in [1.29, 1.82) is 0 Å². The second kappa shape index (κ2) is 6.93. The summed E-state index contributed by atoms with van der Waals surface area (Å²) < 4.78 is 9.78. The Morgan fingerprint density at radius 1 is 1.27 bits per heavy atom. The first-order valence-electron chi connectivity index (χ1n) is 6.95. The molecule has 118 valence electrons. The summed E-state index contributed by atoms with van der Waals surface area (Å²) in [6.07, 6.45) is -0.847. The molecule has 7 heteroatoms. The number of methoxy groups -OCH3 is 1. The largest absolute Gasteiger partial charge is 0.467 e. The number of urea groups is 1. The zero-order chi connectivity index (χ0) is 16.1. The van der Waals surface area contributed by atoms with E-state index in [9.17, 15) is 14.4 Å². The SMILES string of the molecule is CCN1C[C@@H](C(=O)OC)N(C(=O)OCc2ccccc2)C1=O. The maximum Gasteiger partial charge on any atom is 0.419 e. The molecule has 0 unspecified atom stereocenters. The molecule has 1 atom stereocenters. The van der Waals surface area contributed by atoms with Crippen LogP contribution < -0.4 is 0 Å². The second-order valence-corrected chi connectivity index (χ2v) is 4.77. The normalized spacial score (nSPS) is 17.5. The Morgan fingerprint density at radius 2 is 1.95 bits per heavy atom. The third-order valence-electron chi connectivity index (χ3n) is 3.44. The van der Waals surface area contributed by atoms with Gasteiger partial charge in [-0.25, -0.2) is 19.3 Å². The maximum absolute atomic E-state index is 12.2. The Morgan fingerprint density at radius 3 is 2.55 bits per heavy atom. The van der Waals surface area contributed by atoms with Crippen molar-refractivity contribution in [1.82, 2.24) is 9.80 Å². The van der Waals surface area contributed by atoms with Gasteiger partial charge in [0, 0.05) is 6.54 Å². The van der Waals surface area contributed by atoms with Crippen LogP contribution in [0.25, 0.3) is 0 Å². The van der Waals surface area contributed by atoms with Crippen LogP contribution in [0.1, 0.15) is 12.5 Å². The standard InChI is InChI=1S/C15H18N2O5/c1-3-16-9-12(13(18)21-2)17(14(16)19)15(20)22-10-11-7-5-4-6-8-11/h4-8,12H,3,9-10H2,1-2H3/t12-/m0/s1. The summed E-state index contributed by atoms with van der Waals surface area (Å²) in [6, 6.07) is 7.57. The van der Waals surface area contributed by atoms with E-state index in [1.54, 1.807) is 19.1 Å². The van der Waals surface area contributed by atoms with Crippen LogP contribution in [0.4, 0.5) is 9.59 Å². The molecule has 1 heterocycles. The monoisotopic (exact) mass is 306 g/mol. The van der Waals surface area contributed by atoms with E-state index in [-0.39, 0.29) is 13.2 Å². The van der Waals surface area contributed by atoms with Crippen molar-refractivity contribution < 1.29 is 23.9 Å². The van der Waals surface area contributed by atoms with Crippen LogP contribution in [0.5, 0.6) is 0 Å². The number of benzene rings is 1. The molecule has 0 bridgehead atoms. The van der Waals surface area contributed by atoms with Gasteiger partial charge in [-0.15, -0.1) is 0 Å². The lowest BCUT2D eigenvalue weighted by molar-refractivity contribution is -0.144. The smallest absolute Gasteiger partial charge is 0.419 e. The summed E-state index contributed by atoms with van der Waals surface area (Å²) in [5.74, 6) is -0.638. The molecule has 3 amide bonds. The molecule has 1 saturated heterocycles. The van der Waals surface area contributed by atoms with Crippen LogP contribution in [0.15, 0.2) is 30.3 Å². The first-order chi connectivity index (χ1) is 10.6. The van der Waals surface area contributed by atoms with E-state index in [0.29, 0.717) is 6.54 Å². The van der Waals surface area contributed by atoms with Gasteiger partial charge in [0.2, 0.25) is 0 Å². The number of imide groups is 1. The fraction of sp³-hybridized carbons (Fsp3) is 0.400. The number of amides is 3. The van der Waals surface area contributed by atoms with E-state index in [0.717, 1.165) is 10.5 Å². The van der Waals surface area contributed by atoms with Gasteiger partial charge in [0.05, 0.1) is 13.7 Å². The molecule has 22 heavy (non-hydrogen) atoms. The van der Waals surface area contributed by atoms with Gasteiger partial charge >= 0.3 is 18.1 Å². The predicted octanol–water partition coefficient (Wildman–Crippen LogP) is 1.62. The number of carbonyl (C=O) groups excluding carboxylic acids is 3. The van der Waals surface area contributed by atoms with Crippen molar-refractivity contribution in [3.05, 3.63) is 35.9 Å². The zero-order valence-corrected chi connectivity index (χ0v) is 12.5. The molecule has 1 aliphatic rings. The van der Waals surface area contributed by atoms with Gasteiger partial charge < -0.3 is 14.4 Å². The Kier molecular flexibility index (Phi) is 4.98. The molecule has 2 rings (SSSR count). The summed E-state index contributed by atoms with van der Waals surface area (Å²) in [6.45, 7) is 2.31. The van der Waals surface area contributed by atoms with Gasteiger partial charge in [0.15, 0.2) is 6.04 Å². The third kappa shape index (κ3) is 3.19. The number of carbonyl (C=O) groups is 3. The van der Waals surface area contributed by atoms with E-state index in [1.807, 2.05) is 18.2 Å². The summed E-state index contributed by atoms with van der Waals surface area (Å²) in [4.78, 5) is 38.3. The van der Waals surface area contributed by atoms with Crippen LogP contribution in [-0.2, 0) is 20.9 Å². The topological polar surface area (TPSA) is 76.2 Å². The number of likely N-dealkylation sites (N-methyl/N-ethyl adjacent to an activating group) is 1. The van der Waals surface area contributed by atoms with Crippen molar-refractivity contribution in [3.63, 3.8) is 0 Å². The minimum absolute atomic E-state index is 0.0312. The van der Waals surface area contributed by atoms with Crippen LogP contribution in [0.2, 0.25) is 0 Å². The van der Waals surface area contributed by atoms with Crippen molar-refractivity contribution in [2.24, 2.45) is 0 Å². The number of ether oxygens (including phenoxy) is 2. The van der Waals surface area contributed by atoms with E-state index in [4.69, 9.17) is 4.74 Å². The van der Waals surface area contributed by atoms with Gasteiger partial charge in [0.1, 0.15) is 6.61 Å². The van der Waals surface area contributed by atoms with Crippen molar-refractivity contribution >= 4 is 18.1 Å². The predicted molar refractivity (Wildman–Crippen MR) is 76.9 cm³/mol. The molecule has 0 aliphatic carbocycles. The van der Waals surface area contributed by atoms with Gasteiger partial charge in [0.25, 0.3) is 0 Å². The molecule has 0 radical (unpaired) electrons. The Labute approximate surface area is 128 Å². The molecule has 0 saturated carbocycles. The van der Waals surface area contributed by atoms with Crippen LogP contribution in [0, 0.1) is 0 Å². The molecule has 1 aromatic carbocycles. The van der Waals surface area contributed by atoms with Crippen LogP contribution in [-0.4, -0.2) is 54.1 Å². The van der Waals surface area contributed by atoms with Gasteiger partial charge in [-0.2, -0.15) is 0 Å². The van der Waals surface area contributed by atoms with Gasteiger partial charge in [-0.1, -0.05) is 30.3 Å². The highest BCUT2D eigenvalue weighted by Crippen LogP contribution is 2.19. The number of hydrogen-bond donors (Lipinski definition) is 0. The zero-order valence-electron chi connectivity index (χ0n) is 12.5. The lowest BCUT2D eigenvalue weighted by Crippen LogP contribution is -2.44. The lowest BCUT2D eigenvalue weighted by atomic mass is 10.2. The highest BCUT2D eigenvalue weighted by atomic mass is 16.6. The van der Waals surface area contributed by atoms with Crippen molar-refractivity contribution in [2.45, 2.75) is 19.6 Å². The lowest BCUT2D eigenvalue weighted by Gasteiger charge is -2.19. The summed E-state index contributed by atoms with van der Waals surface area (Å²) in [5.41, 5.74) is 0.796. The number of esters is 1. The number of rotatable bonds is 4. The number of hydrogen-bond acceptors (Lipinski definition) is 5. The van der Waals surface area contributed by atoms with E-state index in [2.05, 4.69) is 4.74 Å². The molecule has 0 spiro atoms. The molecule has 0 aromatic heterocycles. The van der Waals surface area contributed by atoms with E-state index < -0.39 is 24.1 Å². The average molecular weight is 306 g/mol. The molecule has 1 fully saturated rings. The fourth-order valence-electron chi connectivity index (χ4n) is 2.23. The van der Waals surface area contributed by atoms with E-state index in [1.165, 1.54) is 12.0 Å². The Hall–Kier alpha value is -2.57. The Balaban J connectivity index is 2.07. The minimum atomic E-state index is -0.972. The highest BCUT2D eigenvalue weighted by Gasteiger charge is 2.46. The second-order valence-electron chi connectivity index (χ2n) is 4.77. The maximum atomic E-state index is 12.2. The van der Waals surface area contributed by atoms with Crippen molar-refractivity contribution in [3.8, 4) is 0 Å². The molecule has 7 nitrogen and oxygen atoms in total. The first kappa shape index (κ1) is 15.8. The molecular weight excluding hydrogens is 288 g/mol. The van der Waals surface area contributed by atoms with Crippen molar-refractivity contribution in [2.75, 3.05) is 20.2 Å². The Bertz CT molecular complexity index is 560. The van der Waals surface area contributed by atoms with Gasteiger partial charge in [-0.05, 0) is 12.5 Å². The molecule has 0 N–H and O–H groups in total. The minimum Gasteiger partial charge on any atom is -0.467 e. The van der Waals surface area contributed by atoms with Crippen LogP contribution in [0.3, 0.4) is 0 Å².